The van der Waals surface area contributed by atoms with Gasteiger partial charge in [0.05, 0.1) is 47.4 Å². The summed E-state index contributed by atoms with van der Waals surface area (Å²) >= 11 is 20.4. The van der Waals surface area contributed by atoms with Crippen molar-refractivity contribution in [3.63, 3.8) is 0 Å². The van der Waals surface area contributed by atoms with Crippen LogP contribution in [-0.4, -0.2) is 73.5 Å². The number of hydrogen-bond acceptors (Lipinski definition) is 11. The van der Waals surface area contributed by atoms with Crippen LogP contribution in [0, 0.1) is 35.3 Å². The van der Waals surface area contributed by atoms with E-state index in [1.807, 2.05) is 27.7 Å². The number of sulfone groups is 3. The van der Waals surface area contributed by atoms with Gasteiger partial charge in [-0.2, -0.15) is 13.2 Å². The molecule has 1 aliphatic heterocycles. The second kappa shape index (κ2) is 27.1. The molecule has 10 rings (SSSR count). The minimum Gasteiger partial charge on any atom is -0.400 e. The summed E-state index contributed by atoms with van der Waals surface area (Å²) in [5.74, 6) is -5.99. The molecule has 3 N–H and O–H groups in total. The largest absolute Gasteiger partial charge is 0.486 e. The zero-order valence-corrected chi connectivity index (χ0v) is 50.1. The molecule has 1 aliphatic rings. The summed E-state index contributed by atoms with van der Waals surface area (Å²) in [4.78, 5) is 18.6. The van der Waals surface area contributed by atoms with E-state index in [-0.39, 0.29) is 69.9 Å². The van der Waals surface area contributed by atoms with Gasteiger partial charge in [-0.05, 0) is 105 Å². The first-order valence-electron chi connectivity index (χ1n) is 24.1. The van der Waals surface area contributed by atoms with E-state index in [1.165, 1.54) is 18.6 Å². The Morgan fingerprint density at radius 2 is 0.905 bits per heavy atom. The highest BCUT2D eigenvalue weighted by molar-refractivity contribution is 9.10. The van der Waals surface area contributed by atoms with E-state index in [4.69, 9.17) is 44.1 Å². The molecule has 0 bridgehead atoms. The van der Waals surface area contributed by atoms with Crippen LogP contribution in [0.3, 0.4) is 0 Å². The number of halogens is 10. The monoisotopic (exact) mass is 1340 g/mol. The summed E-state index contributed by atoms with van der Waals surface area (Å²) in [7, 11) is -12.0. The van der Waals surface area contributed by atoms with Gasteiger partial charge in [-0.15, -0.1) is 6.58 Å². The zero-order valence-electron chi connectivity index (χ0n) is 43.7. The summed E-state index contributed by atoms with van der Waals surface area (Å²) in [5.41, 5.74) is -0.275. The van der Waals surface area contributed by atoms with Crippen molar-refractivity contribution in [1.29, 1.82) is 0 Å². The number of nitrogens with zero attached hydrogens (tertiary/aromatic N) is 3. The first-order chi connectivity index (χ1) is 38.3. The molecule has 0 amide bonds. The van der Waals surface area contributed by atoms with Crippen molar-refractivity contribution in [2.45, 2.75) is 99.0 Å². The maximum absolute atomic E-state index is 14.0. The van der Waals surface area contributed by atoms with Crippen LogP contribution in [-0.2, 0) is 62.5 Å². The van der Waals surface area contributed by atoms with Gasteiger partial charge in [-0.3, -0.25) is 0 Å². The normalized spacial score (nSPS) is 13.6. The number of H-pyrrole nitrogens is 3. The van der Waals surface area contributed by atoms with Crippen LogP contribution >= 0.6 is 50.7 Å². The number of nitrogens with one attached hydrogen (secondary N) is 3. The van der Waals surface area contributed by atoms with Crippen molar-refractivity contribution in [3.05, 3.63) is 194 Å². The van der Waals surface area contributed by atoms with Crippen LogP contribution in [0.25, 0.3) is 38.8 Å². The van der Waals surface area contributed by atoms with Gasteiger partial charge in [0.15, 0.2) is 29.5 Å². The molecule has 14 nitrogen and oxygen atoms in total. The van der Waals surface area contributed by atoms with Crippen molar-refractivity contribution >= 4 is 126 Å². The van der Waals surface area contributed by atoms with E-state index in [0.717, 1.165) is 24.3 Å². The lowest BCUT2D eigenvalue weighted by Crippen LogP contribution is -2.41. The van der Waals surface area contributed by atoms with E-state index in [1.54, 1.807) is 67.5 Å². The molecule has 0 saturated carbocycles. The fraction of sp³-hybridized carbons (Fsp3) is 0.232. The Labute approximate surface area is 506 Å². The molecule has 28 heteroatoms. The van der Waals surface area contributed by atoms with Gasteiger partial charge in [-0.25, -0.2) is 53.4 Å². The second-order valence-electron chi connectivity index (χ2n) is 19.1. The van der Waals surface area contributed by atoms with Gasteiger partial charge >= 0.3 is 7.12 Å². The molecule has 7 heterocycles. The number of rotatable bonds is 12. The van der Waals surface area contributed by atoms with Crippen molar-refractivity contribution in [3.8, 4) is 0 Å². The molecule has 84 heavy (non-hydrogen) atoms. The molecule has 1 fully saturated rings. The molecule has 0 unspecified atom stereocenters. The number of aromatic amines is 3. The summed E-state index contributed by atoms with van der Waals surface area (Å²) in [6.07, 6.45) is 5.27. The first kappa shape index (κ1) is 68.8. The number of aromatic nitrogens is 6. The minimum atomic E-state index is -3.94. The predicted octanol–water partition coefficient (Wildman–Crippen LogP) is 15.4. The molecule has 448 valence electrons. The molecule has 1 saturated heterocycles. The maximum Gasteiger partial charge on any atom is 0.486 e. The van der Waals surface area contributed by atoms with E-state index in [2.05, 4.69) is 59.0 Å². The Balaban J connectivity index is 0.000000209. The summed E-state index contributed by atoms with van der Waals surface area (Å²) in [5, 5.41) is 2.63. The third kappa shape index (κ3) is 15.5. The summed E-state index contributed by atoms with van der Waals surface area (Å²) in [6.45, 7) is 16.7. The van der Waals surface area contributed by atoms with Gasteiger partial charge in [0.2, 0.25) is 17.8 Å². The standard InChI is InChI=1S/C16H13ClF2N2O2S.C16H11ClF2N2O2S.C14H8BrClF2N2O2S.C8H15BO2.2CH4/c2*1-2-9-5-12(18)14(21-16(9)19)8-24(22,23)15-7-20-13-6-10(17)3-4-11(13)15;15-9-4-10(17)12(20-14(9)18)6-23(21,22)13-5-19-11-3-7(16)1-2-8(11)13;1-6-9-10-7(2,3)8(4,5)11-9;;/h3-7,20H,2,8H2,1H3;2-7,20H,1,8H2;1-5,19H,6H2;6H,1H2,2-5H3;2*1H4. The molecule has 6 aromatic heterocycles. The molecule has 0 radical (unpaired) electrons. The average Bonchev–Trinajstić information content (AvgIpc) is 2.28. The molecule has 0 atom stereocenters. The van der Waals surface area contributed by atoms with Crippen LogP contribution in [0.5, 0.6) is 0 Å². The van der Waals surface area contributed by atoms with Crippen molar-refractivity contribution < 1.29 is 60.9 Å². The topological polar surface area (TPSA) is 207 Å². The highest BCUT2D eigenvalue weighted by Gasteiger charge is 2.49. The van der Waals surface area contributed by atoms with Gasteiger partial charge in [0.1, 0.15) is 34.7 Å². The summed E-state index contributed by atoms with van der Waals surface area (Å²) < 4.78 is 169. The minimum absolute atomic E-state index is 0. The lowest BCUT2D eigenvalue weighted by atomic mass is 9.90. The molecular weight excluding hydrogens is 1290 g/mol. The Morgan fingerprint density at radius 3 is 1.25 bits per heavy atom. The lowest BCUT2D eigenvalue weighted by Gasteiger charge is -2.32. The summed E-state index contributed by atoms with van der Waals surface area (Å²) in [6, 6.07) is 16.8. The SMILES string of the molecule is C.C.C=CB1OC(C)(C)C(C)(C)O1.C=Cc1cc(F)c(CS(=O)(=O)c2c[nH]c3cc(Cl)ccc23)nc1F.CCc1cc(F)c(CS(=O)(=O)c2c[nH]c3cc(Cl)ccc23)nc1F.O=S(=O)(Cc1nc(F)c(Br)cc1F)c1c[nH]c2cc(Cl)ccc12. The van der Waals surface area contributed by atoms with Crippen LogP contribution in [0.1, 0.15) is 77.7 Å². The second-order valence-corrected chi connectivity index (χ2v) is 27.1. The predicted molar refractivity (Wildman–Crippen MR) is 322 cm³/mol. The zero-order chi connectivity index (χ0) is 60.4. The molecule has 0 spiro atoms. The highest BCUT2D eigenvalue weighted by Crippen LogP contribution is 2.37. The lowest BCUT2D eigenvalue weighted by molar-refractivity contribution is 0.00578. The van der Waals surface area contributed by atoms with Crippen LogP contribution in [0.4, 0.5) is 26.3 Å². The molecule has 3 aromatic carbocycles. The van der Waals surface area contributed by atoms with Crippen LogP contribution in [0.2, 0.25) is 15.1 Å². The van der Waals surface area contributed by atoms with Gasteiger partial charge in [0.25, 0.3) is 0 Å². The third-order valence-corrected chi connectivity index (χ3v) is 19.2. The van der Waals surface area contributed by atoms with Gasteiger partial charge < -0.3 is 24.3 Å². The fourth-order valence-electron chi connectivity index (χ4n) is 7.97. The molecule has 0 aliphatic carbocycles. The van der Waals surface area contributed by atoms with Crippen molar-refractivity contribution in [2.24, 2.45) is 0 Å². The Hall–Kier alpha value is -6.03. The van der Waals surface area contributed by atoms with Crippen LogP contribution < -0.4 is 0 Å². The fourth-order valence-corrected chi connectivity index (χ4v) is 13.2. The Kier molecular flexibility index (Phi) is 22.2. The number of aryl methyl sites for hydroxylation is 1. The number of fused-ring (bicyclic) bond motifs is 3. The van der Waals surface area contributed by atoms with Crippen LogP contribution in [0.15, 0.2) is 130 Å². The van der Waals surface area contributed by atoms with E-state index >= 15 is 0 Å². The van der Waals surface area contributed by atoms with E-state index < -0.39 is 99.1 Å². The quantitative estimate of drug-likeness (QED) is 0.0596. The maximum atomic E-state index is 14.0. The van der Waals surface area contributed by atoms with Gasteiger partial charge in [-0.1, -0.05) is 93.4 Å². The van der Waals surface area contributed by atoms with E-state index in [0.29, 0.717) is 47.8 Å². The van der Waals surface area contributed by atoms with Crippen molar-refractivity contribution in [2.75, 3.05) is 0 Å². The molecule has 9 aromatic rings. The highest BCUT2D eigenvalue weighted by atomic mass is 79.9. The smallest absolute Gasteiger partial charge is 0.400 e. The number of pyridine rings is 3. The Bertz CT molecular complexity index is 4290. The van der Waals surface area contributed by atoms with E-state index in [9.17, 15) is 51.6 Å². The van der Waals surface area contributed by atoms with Gasteiger partial charge in [0, 0.05) is 77.5 Å². The Morgan fingerprint density at radius 1 is 0.560 bits per heavy atom. The first-order valence-corrected chi connectivity index (χ1v) is 31.0. The third-order valence-electron chi connectivity index (χ3n) is 12.9. The van der Waals surface area contributed by atoms with Crippen molar-refractivity contribution in [1.82, 2.24) is 29.9 Å². The molecular formula is C56H55BBrCl3F6N6O8S3. The average molecular weight is 1350 g/mol. The number of hydrogen-bond donors (Lipinski definition) is 3. The number of benzene rings is 3.